The molecular weight excluding hydrogens is 206 g/mol. The monoisotopic (exact) mass is 223 g/mol. The second-order valence-electron chi connectivity index (χ2n) is 3.92. The van der Waals surface area contributed by atoms with Crippen molar-refractivity contribution in [2.45, 2.75) is 33.4 Å². The molecule has 0 fully saturated rings. The number of hydrogen-bond donors (Lipinski definition) is 1. The van der Waals surface area contributed by atoms with Gasteiger partial charge in [-0.15, -0.1) is 5.06 Å². The largest absolute Gasteiger partial charge is 0.508 e. The van der Waals surface area contributed by atoms with Crippen LogP contribution in [0.15, 0.2) is 24.3 Å². The van der Waals surface area contributed by atoms with E-state index in [1.807, 2.05) is 13.8 Å². The van der Waals surface area contributed by atoms with Gasteiger partial charge in [0.2, 0.25) is 0 Å². The quantitative estimate of drug-likeness (QED) is 0.794. The van der Waals surface area contributed by atoms with E-state index in [9.17, 15) is 4.79 Å². The van der Waals surface area contributed by atoms with Gasteiger partial charge < -0.3 is 9.94 Å². The Morgan fingerprint density at radius 1 is 1.38 bits per heavy atom. The highest BCUT2D eigenvalue weighted by Gasteiger charge is 2.13. The third-order valence-corrected chi connectivity index (χ3v) is 2.10. The van der Waals surface area contributed by atoms with Gasteiger partial charge in [-0.1, -0.05) is 12.1 Å². The first-order valence-electron chi connectivity index (χ1n) is 5.22. The van der Waals surface area contributed by atoms with Crippen molar-refractivity contribution in [3.63, 3.8) is 0 Å². The molecule has 88 valence electrons. The molecule has 16 heavy (non-hydrogen) atoms. The van der Waals surface area contributed by atoms with Crippen LogP contribution in [-0.4, -0.2) is 22.2 Å². The Bertz CT molecular complexity index is 346. The average Bonchev–Trinajstić information content (AvgIpc) is 2.19. The van der Waals surface area contributed by atoms with Gasteiger partial charge in [0, 0.05) is 13.0 Å². The molecule has 0 spiro atoms. The Morgan fingerprint density at radius 3 is 2.38 bits per heavy atom. The number of nitrogens with zero attached hydrogens (tertiary/aromatic N) is 1. The van der Waals surface area contributed by atoms with Crippen LogP contribution in [0, 0.1) is 0 Å². The van der Waals surface area contributed by atoms with Crippen LogP contribution >= 0.6 is 0 Å². The molecule has 4 heteroatoms. The molecule has 1 aromatic carbocycles. The van der Waals surface area contributed by atoms with E-state index in [1.54, 1.807) is 29.3 Å². The molecule has 0 amide bonds. The number of benzene rings is 1. The van der Waals surface area contributed by atoms with Crippen molar-refractivity contribution in [1.82, 2.24) is 5.06 Å². The maximum Gasteiger partial charge on any atom is 0.322 e. The molecular formula is C12H17NO3. The highest BCUT2D eigenvalue weighted by atomic mass is 16.7. The number of carbonyl (C=O) groups excluding carboxylic acids is 1. The minimum Gasteiger partial charge on any atom is -0.508 e. The van der Waals surface area contributed by atoms with Crippen LogP contribution in [0.25, 0.3) is 0 Å². The van der Waals surface area contributed by atoms with E-state index in [2.05, 4.69) is 0 Å². The standard InChI is InChI=1S/C12H17NO3/c1-9(2)13(16-10(3)14)8-11-4-6-12(15)7-5-11/h4-7,9,15H,8H2,1-3H3. The van der Waals surface area contributed by atoms with E-state index in [-0.39, 0.29) is 17.8 Å². The lowest BCUT2D eigenvalue weighted by atomic mass is 10.2. The summed E-state index contributed by atoms with van der Waals surface area (Å²) in [6, 6.07) is 6.93. The van der Waals surface area contributed by atoms with E-state index in [1.165, 1.54) is 6.92 Å². The van der Waals surface area contributed by atoms with Crippen molar-refractivity contribution >= 4 is 5.97 Å². The fourth-order valence-corrected chi connectivity index (χ4v) is 1.27. The molecule has 1 rings (SSSR count). The number of carbonyl (C=O) groups is 1. The molecule has 0 aromatic heterocycles. The Balaban J connectivity index is 2.67. The summed E-state index contributed by atoms with van der Waals surface area (Å²) in [5.74, 6) is -0.0974. The molecule has 1 aromatic rings. The Hall–Kier alpha value is -1.55. The Kier molecular flexibility index (Phi) is 4.31. The van der Waals surface area contributed by atoms with Gasteiger partial charge in [-0.2, -0.15) is 0 Å². The molecule has 0 radical (unpaired) electrons. The first-order valence-corrected chi connectivity index (χ1v) is 5.22. The molecule has 0 saturated carbocycles. The number of hydroxylamine groups is 2. The van der Waals surface area contributed by atoms with Gasteiger partial charge in [-0.25, -0.2) is 0 Å². The van der Waals surface area contributed by atoms with E-state index in [0.29, 0.717) is 6.54 Å². The first-order chi connectivity index (χ1) is 7.49. The molecule has 0 unspecified atom stereocenters. The smallest absolute Gasteiger partial charge is 0.322 e. The highest BCUT2D eigenvalue weighted by Crippen LogP contribution is 2.13. The van der Waals surface area contributed by atoms with Gasteiger partial charge in [0.25, 0.3) is 0 Å². The fraction of sp³-hybridized carbons (Fsp3) is 0.417. The van der Waals surface area contributed by atoms with Gasteiger partial charge in [0.1, 0.15) is 5.75 Å². The van der Waals surface area contributed by atoms with Crippen molar-refractivity contribution in [1.29, 1.82) is 0 Å². The molecule has 0 heterocycles. The summed E-state index contributed by atoms with van der Waals surface area (Å²) in [6.07, 6.45) is 0. The molecule has 0 saturated heterocycles. The van der Waals surface area contributed by atoms with Crippen molar-refractivity contribution < 1.29 is 14.7 Å². The van der Waals surface area contributed by atoms with Crippen molar-refractivity contribution in [2.24, 2.45) is 0 Å². The van der Waals surface area contributed by atoms with Crippen LogP contribution in [0.5, 0.6) is 5.75 Å². The van der Waals surface area contributed by atoms with Gasteiger partial charge in [-0.05, 0) is 31.5 Å². The number of phenols is 1. The minimum absolute atomic E-state index is 0.109. The summed E-state index contributed by atoms with van der Waals surface area (Å²) in [5.41, 5.74) is 0.979. The fourth-order valence-electron chi connectivity index (χ4n) is 1.27. The molecule has 0 aliphatic carbocycles. The zero-order valence-corrected chi connectivity index (χ0v) is 9.80. The summed E-state index contributed by atoms with van der Waals surface area (Å²) >= 11 is 0. The summed E-state index contributed by atoms with van der Waals surface area (Å²) in [4.78, 5) is 16.0. The zero-order chi connectivity index (χ0) is 12.1. The van der Waals surface area contributed by atoms with E-state index in [4.69, 9.17) is 9.94 Å². The van der Waals surface area contributed by atoms with Crippen LogP contribution < -0.4 is 0 Å². The maximum absolute atomic E-state index is 10.9. The van der Waals surface area contributed by atoms with Crippen LogP contribution in [0.3, 0.4) is 0 Å². The third kappa shape index (κ3) is 3.90. The zero-order valence-electron chi connectivity index (χ0n) is 9.80. The van der Waals surface area contributed by atoms with E-state index >= 15 is 0 Å². The number of aromatic hydroxyl groups is 1. The molecule has 0 aliphatic rings. The number of rotatable bonds is 4. The predicted octanol–water partition coefficient (Wildman–Crippen LogP) is 2.08. The average molecular weight is 223 g/mol. The first kappa shape index (κ1) is 12.5. The van der Waals surface area contributed by atoms with Gasteiger partial charge >= 0.3 is 5.97 Å². The van der Waals surface area contributed by atoms with Crippen molar-refractivity contribution in [3.8, 4) is 5.75 Å². The SMILES string of the molecule is CC(=O)ON(Cc1ccc(O)cc1)C(C)C. The normalized spacial score (nSPS) is 10.8. The summed E-state index contributed by atoms with van der Waals surface area (Å²) < 4.78 is 0. The lowest BCUT2D eigenvalue weighted by Crippen LogP contribution is -2.32. The van der Waals surface area contributed by atoms with Crippen molar-refractivity contribution in [2.75, 3.05) is 0 Å². The van der Waals surface area contributed by atoms with Crippen LogP contribution in [0.1, 0.15) is 26.3 Å². The highest BCUT2D eigenvalue weighted by molar-refractivity contribution is 5.65. The number of phenolic OH excluding ortho intramolecular Hbond substituents is 1. The maximum atomic E-state index is 10.9. The summed E-state index contributed by atoms with van der Waals surface area (Å²) in [7, 11) is 0. The Morgan fingerprint density at radius 2 is 1.94 bits per heavy atom. The molecule has 0 aliphatic heterocycles. The molecule has 0 atom stereocenters. The van der Waals surface area contributed by atoms with Crippen LogP contribution in [0.4, 0.5) is 0 Å². The molecule has 0 bridgehead atoms. The minimum atomic E-state index is -0.326. The topological polar surface area (TPSA) is 49.8 Å². The molecule has 4 nitrogen and oxygen atoms in total. The lowest BCUT2D eigenvalue weighted by molar-refractivity contribution is -0.200. The van der Waals surface area contributed by atoms with Crippen LogP contribution in [-0.2, 0) is 16.2 Å². The van der Waals surface area contributed by atoms with Crippen molar-refractivity contribution in [3.05, 3.63) is 29.8 Å². The number of hydrogen-bond acceptors (Lipinski definition) is 4. The van der Waals surface area contributed by atoms with Gasteiger partial charge in [0.15, 0.2) is 0 Å². The third-order valence-electron chi connectivity index (χ3n) is 2.10. The predicted molar refractivity (Wildman–Crippen MR) is 60.6 cm³/mol. The molecule has 1 N–H and O–H groups in total. The van der Waals surface area contributed by atoms with Crippen LogP contribution in [0.2, 0.25) is 0 Å². The van der Waals surface area contributed by atoms with Gasteiger partial charge in [0.05, 0.1) is 6.54 Å². The van der Waals surface area contributed by atoms with E-state index in [0.717, 1.165) is 5.56 Å². The second-order valence-corrected chi connectivity index (χ2v) is 3.92. The second kappa shape index (κ2) is 5.51. The van der Waals surface area contributed by atoms with Gasteiger partial charge in [-0.3, -0.25) is 4.79 Å². The summed E-state index contributed by atoms with van der Waals surface area (Å²) in [6.45, 7) is 5.79. The van der Waals surface area contributed by atoms with E-state index < -0.39 is 0 Å². The summed E-state index contributed by atoms with van der Waals surface area (Å²) in [5, 5.41) is 10.8. The Labute approximate surface area is 95.4 Å². The lowest BCUT2D eigenvalue weighted by Gasteiger charge is -2.24.